The van der Waals surface area contributed by atoms with E-state index in [9.17, 15) is 13.6 Å². The molecule has 1 unspecified atom stereocenters. The predicted octanol–water partition coefficient (Wildman–Crippen LogP) is 4.38. The van der Waals surface area contributed by atoms with E-state index in [1.54, 1.807) is 29.3 Å². The molecule has 5 nitrogen and oxygen atoms in total. The van der Waals surface area contributed by atoms with Crippen molar-refractivity contribution in [2.24, 2.45) is 4.99 Å². The number of alkyl halides is 2. The Kier molecular flexibility index (Phi) is 8.14. The lowest BCUT2D eigenvalue weighted by Crippen LogP contribution is -2.56. The van der Waals surface area contributed by atoms with Crippen LogP contribution in [0.1, 0.15) is 25.8 Å². The van der Waals surface area contributed by atoms with E-state index in [0.29, 0.717) is 43.3 Å². The summed E-state index contributed by atoms with van der Waals surface area (Å²) in [4.78, 5) is 20.4. The third-order valence-electron chi connectivity index (χ3n) is 4.90. The predicted molar refractivity (Wildman–Crippen MR) is 122 cm³/mol. The van der Waals surface area contributed by atoms with E-state index in [-0.39, 0.29) is 17.5 Å². The summed E-state index contributed by atoms with van der Waals surface area (Å²) >= 11 is 0. The van der Waals surface area contributed by atoms with Crippen LogP contribution < -0.4 is 5.32 Å². The van der Waals surface area contributed by atoms with Gasteiger partial charge in [0.15, 0.2) is 5.84 Å². The summed E-state index contributed by atoms with van der Waals surface area (Å²) in [7, 11) is 0. The molecular weight excluding hydrogens is 398 g/mol. The molecule has 0 saturated carbocycles. The first kappa shape index (κ1) is 23.9. The molecule has 164 valence electrons. The van der Waals surface area contributed by atoms with Gasteiger partial charge in [0, 0.05) is 50.4 Å². The number of halogens is 2. The standard InChI is InChI=1S/C24H28F2N4O/c1-6-9-21-17-29(15-16-30(21)22(31)8-3)23(27-14-7-2)18(4)28-20-12-10-19(11-13-20)24(5,25)26/h1,7-8,10-14,21,28H,3-4,9,15-17H2,2,5H3/b14-7-,27-23+. The quantitative estimate of drug-likeness (QED) is 0.305. The van der Waals surface area contributed by atoms with Gasteiger partial charge in [-0.05, 0) is 25.1 Å². The second-order valence-electron chi connectivity index (χ2n) is 7.25. The molecular formula is C24H28F2N4O. The van der Waals surface area contributed by atoms with E-state index >= 15 is 0 Å². The number of hydrogen-bond donors (Lipinski definition) is 1. The van der Waals surface area contributed by atoms with Gasteiger partial charge >= 0.3 is 0 Å². The van der Waals surface area contributed by atoms with Crippen molar-refractivity contribution in [2.45, 2.75) is 32.2 Å². The van der Waals surface area contributed by atoms with Crippen LogP contribution in [0.4, 0.5) is 14.5 Å². The number of nitrogens with one attached hydrogen (secondary N) is 1. The van der Waals surface area contributed by atoms with Gasteiger partial charge in [0.1, 0.15) is 0 Å². The number of aliphatic imine (C=N–C) groups is 1. The SMILES string of the molecule is C#CCC1CN(/C(=N/C=C\C)C(=C)Nc2ccc(C(C)(F)F)cc2)CCN1C(=O)C=C. The second-order valence-corrected chi connectivity index (χ2v) is 7.25. The summed E-state index contributed by atoms with van der Waals surface area (Å²) in [6, 6.07) is 5.72. The fourth-order valence-electron chi connectivity index (χ4n) is 3.34. The summed E-state index contributed by atoms with van der Waals surface area (Å²) in [5.74, 6) is 0.165. The lowest BCUT2D eigenvalue weighted by Gasteiger charge is -2.42. The maximum Gasteiger partial charge on any atom is 0.270 e. The highest BCUT2D eigenvalue weighted by molar-refractivity contribution is 6.01. The van der Waals surface area contributed by atoms with Gasteiger partial charge in [0.25, 0.3) is 5.92 Å². The maximum atomic E-state index is 13.5. The highest BCUT2D eigenvalue weighted by Gasteiger charge is 2.31. The van der Waals surface area contributed by atoms with Crippen LogP contribution >= 0.6 is 0 Å². The third-order valence-corrected chi connectivity index (χ3v) is 4.90. The average molecular weight is 427 g/mol. The number of amides is 1. The van der Waals surface area contributed by atoms with Gasteiger partial charge in [-0.25, -0.2) is 13.8 Å². The lowest BCUT2D eigenvalue weighted by atomic mass is 10.1. The molecule has 31 heavy (non-hydrogen) atoms. The number of amidine groups is 1. The Hall–Kier alpha value is -3.40. The molecule has 0 radical (unpaired) electrons. The third kappa shape index (κ3) is 6.29. The number of anilines is 1. The van der Waals surface area contributed by atoms with E-state index in [1.165, 1.54) is 18.2 Å². The summed E-state index contributed by atoms with van der Waals surface area (Å²) in [6.07, 6.45) is 10.7. The number of rotatable bonds is 7. The van der Waals surface area contributed by atoms with E-state index in [4.69, 9.17) is 6.42 Å². The van der Waals surface area contributed by atoms with Gasteiger partial charge in [-0.15, -0.1) is 12.3 Å². The van der Waals surface area contributed by atoms with Gasteiger partial charge < -0.3 is 15.1 Å². The van der Waals surface area contributed by atoms with Crippen molar-refractivity contribution in [1.82, 2.24) is 9.80 Å². The van der Waals surface area contributed by atoms with Crippen LogP contribution in [-0.2, 0) is 10.7 Å². The van der Waals surface area contributed by atoms with E-state index in [0.717, 1.165) is 6.92 Å². The molecule has 1 aromatic carbocycles. The van der Waals surface area contributed by atoms with E-state index in [1.807, 2.05) is 11.8 Å². The van der Waals surface area contributed by atoms with Crippen molar-refractivity contribution in [3.8, 4) is 12.3 Å². The van der Waals surface area contributed by atoms with Gasteiger partial charge in [-0.1, -0.05) is 31.4 Å². The highest BCUT2D eigenvalue weighted by Crippen LogP contribution is 2.28. The normalized spacial score (nSPS) is 17.4. The molecule has 1 fully saturated rings. The monoisotopic (exact) mass is 426 g/mol. The number of carbonyl (C=O) groups is 1. The second kappa shape index (κ2) is 10.6. The number of hydrogen-bond acceptors (Lipinski definition) is 3. The number of carbonyl (C=O) groups excluding carboxylic acids is 1. The molecule has 0 aromatic heterocycles. The summed E-state index contributed by atoms with van der Waals surface area (Å²) < 4.78 is 26.9. The molecule has 2 rings (SSSR count). The van der Waals surface area contributed by atoms with E-state index < -0.39 is 5.92 Å². The van der Waals surface area contributed by atoms with E-state index in [2.05, 4.69) is 29.4 Å². The number of nitrogens with zero attached hydrogens (tertiary/aromatic N) is 3. The van der Waals surface area contributed by atoms with Crippen LogP contribution in [0.2, 0.25) is 0 Å². The van der Waals surface area contributed by atoms with Crippen molar-refractivity contribution in [2.75, 3.05) is 25.0 Å². The van der Waals surface area contributed by atoms with Gasteiger partial charge in [0.05, 0.1) is 11.7 Å². The van der Waals surface area contributed by atoms with Crippen LogP contribution in [0.15, 0.2) is 66.5 Å². The first-order valence-corrected chi connectivity index (χ1v) is 9.96. The number of benzene rings is 1. The molecule has 1 saturated heterocycles. The highest BCUT2D eigenvalue weighted by atomic mass is 19.3. The minimum absolute atomic E-state index is 0.0633. The maximum absolute atomic E-state index is 13.5. The molecule has 1 aromatic rings. The summed E-state index contributed by atoms with van der Waals surface area (Å²) in [5, 5.41) is 3.14. The lowest BCUT2D eigenvalue weighted by molar-refractivity contribution is -0.129. The summed E-state index contributed by atoms with van der Waals surface area (Å²) in [6.45, 7) is 11.9. The smallest absolute Gasteiger partial charge is 0.270 e. The van der Waals surface area contributed by atoms with Crippen LogP contribution in [0.25, 0.3) is 0 Å². The van der Waals surface area contributed by atoms with Crippen molar-refractivity contribution in [1.29, 1.82) is 0 Å². The molecule has 1 aliphatic heterocycles. The van der Waals surface area contributed by atoms with Gasteiger partial charge in [-0.2, -0.15) is 0 Å². The summed E-state index contributed by atoms with van der Waals surface area (Å²) in [5.41, 5.74) is 1.07. The molecule has 1 N–H and O–H groups in total. The number of allylic oxidation sites excluding steroid dienone is 1. The fraction of sp³-hybridized carbons (Fsp3) is 0.333. The van der Waals surface area contributed by atoms with Crippen LogP contribution in [0, 0.1) is 12.3 Å². The molecule has 1 amide bonds. The zero-order chi connectivity index (χ0) is 23.0. The topological polar surface area (TPSA) is 47.9 Å². The Bertz CT molecular complexity index is 907. The minimum Gasteiger partial charge on any atom is -0.353 e. The molecule has 0 aliphatic carbocycles. The number of piperazine rings is 1. The molecule has 1 heterocycles. The van der Waals surface area contributed by atoms with Crippen molar-refractivity contribution >= 4 is 17.4 Å². The van der Waals surface area contributed by atoms with Crippen molar-refractivity contribution in [3.63, 3.8) is 0 Å². The molecule has 1 aliphatic rings. The van der Waals surface area contributed by atoms with Crippen LogP contribution in [0.3, 0.4) is 0 Å². The Morgan fingerprint density at radius 3 is 2.61 bits per heavy atom. The van der Waals surface area contributed by atoms with Gasteiger partial charge in [-0.3, -0.25) is 4.79 Å². The zero-order valence-electron chi connectivity index (χ0n) is 17.9. The zero-order valence-corrected chi connectivity index (χ0v) is 17.9. The van der Waals surface area contributed by atoms with Gasteiger partial charge in [0.2, 0.25) is 5.91 Å². The Morgan fingerprint density at radius 1 is 1.39 bits per heavy atom. The minimum atomic E-state index is -2.90. The van der Waals surface area contributed by atoms with Crippen LogP contribution in [-0.4, -0.2) is 47.2 Å². The first-order chi connectivity index (χ1) is 14.7. The molecule has 7 heteroatoms. The fourth-order valence-corrected chi connectivity index (χ4v) is 3.34. The Morgan fingerprint density at radius 2 is 2.06 bits per heavy atom. The average Bonchev–Trinajstić information content (AvgIpc) is 2.73. The van der Waals surface area contributed by atoms with Crippen LogP contribution in [0.5, 0.6) is 0 Å². The number of terminal acetylenes is 1. The largest absolute Gasteiger partial charge is 0.353 e. The van der Waals surface area contributed by atoms with Crippen molar-refractivity contribution < 1.29 is 13.6 Å². The molecule has 0 spiro atoms. The Balaban J connectivity index is 2.21. The molecule has 0 bridgehead atoms. The Labute approximate surface area is 182 Å². The first-order valence-electron chi connectivity index (χ1n) is 9.96. The van der Waals surface area contributed by atoms with Crippen molar-refractivity contribution in [3.05, 3.63) is 67.0 Å². The molecule has 1 atom stereocenters.